The lowest BCUT2D eigenvalue weighted by molar-refractivity contribution is 0.0936. The zero-order valence-electron chi connectivity index (χ0n) is 10.4. The summed E-state index contributed by atoms with van der Waals surface area (Å²) in [5.41, 5.74) is 5.88. The summed E-state index contributed by atoms with van der Waals surface area (Å²) in [6.45, 7) is 2.55. The average Bonchev–Trinajstić information content (AvgIpc) is 2.85. The maximum absolute atomic E-state index is 12.0. The molecule has 0 spiro atoms. The van der Waals surface area contributed by atoms with E-state index in [1.54, 1.807) is 12.5 Å². The van der Waals surface area contributed by atoms with Gasteiger partial charge in [-0.15, -0.1) is 0 Å². The van der Waals surface area contributed by atoms with Crippen LogP contribution in [0.15, 0.2) is 31.0 Å². The molecule has 0 saturated carbocycles. The van der Waals surface area contributed by atoms with E-state index in [4.69, 9.17) is 17.3 Å². The van der Waals surface area contributed by atoms with Gasteiger partial charge in [0.1, 0.15) is 5.82 Å². The predicted octanol–water partition coefficient (Wildman–Crippen LogP) is 1.33. The van der Waals surface area contributed by atoms with Gasteiger partial charge in [0, 0.05) is 31.2 Å². The fourth-order valence-corrected chi connectivity index (χ4v) is 1.80. The summed E-state index contributed by atoms with van der Waals surface area (Å²) in [5, 5.41) is 3.13. The molecule has 0 bridgehead atoms. The van der Waals surface area contributed by atoms with Crippen molar-refractivity contribution in [2.75, 3.05) is 5.73 Å². The van der Waals surface area contributed by atoms with Crippen LogP contribution >= 0.6 is 11.6 Å². The third kappa shape index (κ3) is 3.45. The monoisotopic (exact) mass is 279 g/mol. The molecule has 2 aromatic rings. The van der Waals surface area contributed by atoms with Crippen molar-refractivity contribution in [2.45, 2.75) is 19.5 Å². The molecule has 2 aromatic heterocycles. The van der Waals surface area contributed by atoms with Gasteiger partial charge in [-0.1, -0.05) is 11.6 Å². The largest absolute Gasteiger partial charge is 0.382 e. The summed E-state index contributed by atoms with van der Waals surface area (Å²) in [5.74, 6) is -0.0216. The van der Waals surface area contributed by atoms with E-state index in [0.717, 1.165) is 0 Å². The van der Waals surface area contributed by atoms with Gasteiger partial charge in [0.15, 0.2) is 0 Å². The van der Waals surface area contributed by atoms with Gasteiger partial charge in [0.05, 0.1) is 16.9 Å². The minimum Gasteiger partial charge on any atom is -0.382 e. The minimum absolute atomic E-state index is 0.0435. The van der Waals surface area contributed by atoms with Crippen molar-refractivity contribution in [3.05, 3.63) is 41.6 Å². The van der Waals surface area contributed by atoms with Gasteiger partial charge in [0.25, 0.3) is 5.91 Å². The van der Waals surface area contributed by atoms with Crippen LogP contribution in [0.4, 0.5) is 5.82 Å². The molecular weight excluding hydrogens is 266 g/mol. The normalized spacial score (nSPS) is 12.1. The maximum atomic E-state index is 12.0. The van der Waals surface area contributed by atoms with E-state index in [0.29, 0.717) is 12.1 Å². The second kappa shape index (κ2) is 5.71. The molecule has 0 aliphatic rings. The third-order valence-electron chi connectivity index (χ3n) is 2.55. The minimum atomic E-state index is -0.234. The lowest BCUT2D eigenvalue weighted by Gasteiger charge is -2.14. The Bertz CT molecular complexity index is 570. The van der Waals surface area contributed by atoms with E-state index in [9.17, 15) is 4.79 Å². The van der Waals surface area contributed by atoms with Gasteiger partial charge >= 0.3 is 0 Å². The molecule has 100 valence electrons. The molecule has 0 aliphatic heterocycles. The van der Waals surface area contributed by atoms with Gasteiger partial charge < -0.3 is 15.6 Å². The van der Waals surface area contributed by atoms with Crippen LogP contribution < -0.4 is 11.1 Å². The highest BCUT2D eigenvalue weighted by atomic mass is 35.5. The molecule has 6 nitrogen and oxygen atoms in total. The summed E-state index contributed by atoms with van der Waals surface area (Å²) in [4.78, 5) is 19.8. The Morgan fingerprint density at radius 3 is 3.05 bits per heavy atom. The SMILES string of the molecule is CC(Cn1ccnc1)NC(=O)c1cnc(N)c(Cl)c1. The molecule has 3 N–H and O–H groups in total. The Kier molecular flexibility index (Phi) is 4.01. The number of nitrogens with two attached hydrogens (primary N) is 1. The van der Waals surface area contributed by atoms with Crippen LogP contribution in [0.1, 0.15) is 17.3 Å². The van der Waals surface area contributed by atoms with Crippen LogP contribution in [0.2, 0.25) is 5.02 Å². The second-order valence-electron chi connectivity index (χ2n) is 4.23. The topological polar surface area (TPSA) is 85.8 Å². The van der Waals surface area contributed by atoms with Crippen molar-refractivity contribution in [1.82, 2.24) is 19.9 Å². The molecular formula is C12H14ClN5O. The molecule has 1 unspecified atom stereocenters. The number of carbonyl (C=O) groups excluding carboxylic acids is 1. The van der Waals surface area contributed by atoms with Gasteiger partial charge in [-0.25, -0.2) is 9.97 Å². The third-order valence-corrected chi connectivity index (χ3v) is 2.86. The highest BCUT2D eigenvalue weighted by molar-refractivity contribution is 6.33. The Hall–Kier alpha value is -2.08. The number of hydrogen-bond acceptors (Lipinski definition) is 4. The van der Waals surface area contributed by atoms with E-state index in [2.05, 4.69) is 15.3 Å². The van der Waals surface area contributed by atoms with Crippen molar-refractivity contribution in [2.24, 2.45) is 0 Å². The lowest BCUT2D eigenvalue weighted by Crippen LogP contribution is -2.35. The van der Waals surface area contributed by atoms with Gasteiger partial charge in [0.2, 0.25) is 0 Å². The van der Waals surface area contributed by atoms with Crippen LogP contribution in [0, 0.1) is 0 Å². The second-order valence-corrected chi connectivity index (χ2v) is 4.63. The predicted molar refractivity (Wildman–Crippen MR) is 72.8 cm³/mol. The number of nitrogen functional groups attached to an aromatic ring is 1. The first-order valence-corrected chi connectivity index (χ1v) is 6.11. The van der Waals surface area contributed by atoms with Gasteiger partial charge in [-0.2, -0.15) is 0 Å². The Morgan fingerprint density at radius 1 is 1.63 bits per heavy atom. The fraction of sp³-hybridized carbons (Fsp3) is 0.250. The Morgan fingerprint density at radius 2 is 2.42 bits per heavy atom. The number of imidazole rings is 1. The molecule has 1 atom stereocenters. The van der Waals surface area contributed by atoms with Crippen LogP contribution in [0.5, 0.6) is 0 Å². The van der Waals surface area contributed by atoms with Crippen LogP contribution in [0.25, 0.3) is 0 Å². The number of rotatable bonds is 4. The highest BCUT2D eigenvalue weighted by Gasteiger charge is 2.12. The average molecular weight is 280 g/mol. The quantitative estimate of drug-likeness (QED) is 0.884. The fourth-order valence-electron chi connectivity index (χ4n) is 1.64. The van der Waals surface area contributed by atoms with Crippen LogP contribution in [-0.2, 0) is 6.54 Å². The number of anilines is 1. The van der Waals surface area contributed by atoms with Gasteiger partial charge in [-0.3, -0.25) is 4.79 Å². The van der Waals surface area contributed by atoms with Crippen molar-refractivity contribution in [3.63, 3.8) is 0 Å². The maximum Gasteiger partial charge on any atom is 0.253 e. The first kappa shape index (κ1) is 13.4. The summed E-state index contributed by atoms with van der Waals surface area (Å²) in [6, 6.07) is 1.46. The highest BCUT2D eigenvalue weighted by Crippen LogP contribution is 2.16. The van der Waals surface area contributed by atoms with Crippen molar-refractivity contribution >= 4 is 23.3 Å². The molecule has 0 aromatic carbocycles. The number of amides is 1. The molecule has 2 rings (SSSR count). The summed E-state index contributed by atoms with van der Waals surface area (Å²) in [6.07, 6.45) is 6.63. The van der Waals surface area contributed by atoms with Crippen LogP contribution in [-0.4, -0.2) is 26.5 Å². The molecule has 2 heterocycles. The number of hydrogen-bond donors (Lipinski definition) is 2. The zero-order chi connectivity index (χ0) is 13.8. The number of carbonyl (C=O) groups is 1. The number of halogens is 1. The molecule has 1 amide bonds. The van der Waals surface area contributed by atoms with E-state index >= 15 is 0 Å². The van der Waals surface area contributed by atoms with Crippen molar-refractivity contribution in [1.29, 1.82) is 0 Å². The van der Waals surface area contributed by atoms with E-state index < -0.39 is 0 Å². The number of pyridine rings is 1. The van der Waals surface area contributed by atoms with Crippen molar-refractivity contribution < 1.29 is 4.79 Å². The molecule has 0 fully saturated rings. The number of nitrogens with zero attached hydrogens (tertiary/aromatic N) is 3. The molecule has 19 heavy (non-hydrogen) atoms. The van der Waals surface area contributed by atoms with Gasteiger partial charge in [-0.05, 0) is 13.0 Å². The molecule has 7 heteroatoms. The van der Waals surface area contributed by atoms with Crippen LogP contribution in [0.3, 0.4) is 0 Å². The molecule has 0 radical (unpaired) electrons. The van der Waals surface area contributed by atoms with E-state index in [-0.39, 0.29) is 22.8 Å². The van der Waals surface area contributed by atoms with Crippen molar-refractivity contribution in [3.8, 4) is 0 Å². The summed E-state index contributed by atoms with van der Waals surface area (Å²) in [7, 11) is 0. The lowest BCUT2D eigenvalue weighted by atomic mass is 10.2. The first-order valence-electron chi connectivity index (χ1n) is 5.74. The zero-order valence-corrected chi connectivity index (χ0v) is 11.1. The summed E-state index contributed by atoms with van der Waals surface area (Å²) < 4.78 is 1.89. The Labute approximate surface area is 115 Å². The molecule has 0 saturated heterocycles. The Balaban J connectivity index is 1.98. The van der Waals surface area contributed by atoms with E-state index in [1.165, 1.54) is 12.3 Å². The number of aromatic nitrogens is 3. The van der Waals surface area contributed by atoms with E-state index in [1.807, 2.05) is 17.7 Å². The smallest absolute Gasteiger partial charge is 0.253 e. The summed E-state index contributed by atoms with van der Waals surface area (Å²) >= 11 is 5.83. The first-order chi connectivity index (χ1) is 9.06. The standard InChI is InChI=1S/C12H14ClN5O/c1-8(6-18-3-2-15-7-18)17-12(19)9-4-10(13)11(14)16-5-9/h2-5,7-8H,6H2,1H3,(H2,14,16)(H,17,19). The number of nitrogens with one attached hydrogen (secondary N) is 1. The molecule has 0 aliphatic carbocycles.